The third-order valence-corrected chi connectivity index (χ3v) is 4.67. The summed E-state index contributed by atoms with van der Waals surface area (Å²) in [6.07, 6.45) is 0. The van der Waals surface area contributed by atoms with Gasteiger partial charge >= 0.3 is 0 Å². The Morgan fingerprint density at radius 3 is 2.30 bits per heavy atom. The molecule has 4 aromatic rings. The van der Waals surface area contributed by atoms with Crippen LogP contribution in [-0.2, 0) is 0 Å². The highest BCUT2D eigenvalue weighted by Crippen LogP contribution is 2.25. The Balaban J connectivity index is 1.65. The Hall–Kier alpha value is -3.93. The molecule has 0 radical (unpaired) electrons. The molecule has 0 fully saturated rings. The molecule has 3 aromatic carbocycles. The Kier molecular flexibility index (Phi) is 5.30. The lowest BCUT2D eigenvalue weighted by molar-refractivity contribution is 0.102. The maximum Gasteiger partial charge on any atom is 0.257 e. The van der Waals surface area contributed by atoms with Crippen molar-refractivity contribution in [2.45, 2.75) is 13.8 Å². The molecule has 1 amide bonds. The molecule has 150 valence electrons. The number of benzene rings is 3. The maximum absolute atomic E-state index is 13.9. The van der Waals surface area contributed by atoms with Crippen LogP contribution >= 0.6 is 0 Å². The van der Waals surface area contributed by atoms with E-state index in [0.29, 0.717) is 11.3 Å². The van der Waals surface area contributed by atoms with Gasteiger partial charge < -0.3 is 10.6 Å². The van der Waals surface area contributed by atoms with Crippen molar-refractivity contribution >= 4 is 23.1 Å². The van der Waals surface area contributed by atoms with Gasteiger partial charge in [0.15, 0.2) is 0 Å². The summed E-state index contributed by atoms with van der Waals surface area (Å²) >= 11 is 0. The number of nitrogens with one attached hydrogen (secondary N) is 2. The molecule has 0 spiro atoms. The highest BCUT2D eigenvalue weighted by Gasteiger charge is 2.15. The Bertz CT molecular complexity index is 1200. The molecule has 2 N–H and O–H groups in total. The smallest absolute Gasteiger partial charge is 0.257 e. The quantitative estimate of drug-likeness (QED) is 0.457. The number of hydrogen-bond acceptors (Lipinski definition) is 3. The number of hydrogen-bond donors (Lipinski definition) is 2. The number of amides is 1. The van der Waals surface area contributed by atoms with Gasteiger partial charge in [-0.05, 0) is 50.2 Å². The van der Waals surface area contributed by atoms with E-state index in [4.69, 9.17) is 0 Å². The molecule has 0 unspecified atom stereocenters. The van der Waals surface area contributed by atoms with Crippen molar-refractivity contribution in [3.05, 3.63) is 102 Å². The van der Waals surface area contributed by atoms with Crippen molar-refractivity contribution in [2.24, 2.45) is 0 Å². The van der Waals surface area contributed by atoms with Crippen LogP contribution in [0, 0.1) is 19.7 Å². The summed E-state index contributed by atoms with van der Waals surface area (Å²) in [4.78, 5) is 12.8. The summed E-state index contributed by atoms with van der Waals surface area (Å²) in [6, 6.07) is 23.1. The van der Waals surface area contributed by atoms with Gasteiger partial charge in [-0.2, -0.15) is 5.10 Å². The number of aryl methyl sites for hydroxylation is 2. The summed E-state index contributed by atoms with van der Waals surface area (Å²) in [7, 11) is 0. The van der Waals surface area contributed by atoms with Gasteiger partial charge in [0.2, 0.25) is 0 Å². The molecule has 0 aliphatic rings. The van der Waals surface area contributed by atoms with E-state index in [0.717, 1.165) is 22.8 Å². The molecule has 1 heterocycles. The normalized spacial score (nSPS) is 10.6. The topological polar surface area (TPSA) is 59.0 Å². The second kappa shape index (κ2) is 8.21. The lowest BCUT2D eigenvalue weighted by atomic mass is 10.1. The van der Waals surface area contributed by atoms with Crippen LogP contribution in [0.3, 0.4) is 0 Å². The second-order valence-electron chi connectivity index (χ2n) is 7.02. The second-order valence-corrected chi connectivity index (χ2v) is 7.02. The minimum Gasteiger partial charge on any atom is -0.339 e. The highest BCUT2D eigenvalue weighted by molar-refractivity contribution is 6.08. The first kappa shape index (κ1) is 19.4. The first-order chi connectivity index (χ1) is 14.5. The van der Waals surface area contributed by atoms with Gasteiger partial charge in [-0.3, -0.25) is 4.79 Å². The lowest BCUT2D eigenvalue weighted by Gasteiger charge is -2.14. The molecule has 6 heteroatoms. The molecular formula is C24H21FN4O. The average molecular weight is 400 g/mol. The van der Waals surface area contributed by atoms with Gasteiger partial charge in [0.25, 0.3) is 5.91 Å². The lowest BCUT2D eigenvalue weighted by Crippen LogP contribution is -2.15. The SMILES string of the molecule is Cc1ccc(-n2nc(C)cc2Nc2ccccc2C(=O)Nc2ccccc2F)cc1. The van der Waals surface area contributed by atoms with Crippen molar-refractivity contribution < 1.29 is 9.18 Å². The fourth-order valence-corrected chi connectivity index (χ4v) is 3.15. The van der Waals surface area contributed by atoms with Gasteiger partial charge in [-0.1, -0.05) is 42.0 Å². The molecule has 4 rings (SSSR count). The van der Waals surface area contributed by atoms with E-state index in [2.05, 4.69) is 15.7 Å². The van der Waals surface area contributed by atoms with Gasteiger partial charge in [0.1, 0.15) is 11.6 Å². The van der Waals surface area contributed by atoms with Crippen molar-refractivity contribution in [3.63, 3.8) is 0 Å². The third kappa shape index (κ3) is 4.07. The van der Waals surface area contributed by atoms with Crippen LogP contribution in [-0.4, -0.2) is 15.7 Å². The molecule has 0 aliphatic heterocycles. The highest BCUT2D eigenvalue weighted by atomic mass is 19.1. The van der Waals surface area contributed by atoms with Crippen LogP contribution in [0.2, 0.25) is 0 Å². The van der Waals surface area contributed by atoms with Crippen molar-refractivity contribution in [2.75, 3.05) is 10.6 Å². The molecule has 0 saturated carbocycles. The molecule has 5 nitrogen and oxygen atoms in total. The van der Waals surface area contributed by atoms with Crippen LogP contribution in [0.25, 0.3) is 5.69 Å². The van der Waals surface area contributed by atoms with E-state index in [1.165, 1.54) is 12.1 Å². The minimum atomic E-state index is -0.482. The van der Waals surface area contributed by atoms with E-state index in [-0.39, 0.29) is 5.69 Å². The summed E-state index contributed by atoms with van der Waals surface area (Å²) in [5.41, 5.74) is 4.04. The van der Waals surface area contributed by atoms with E-state index in [1.54, 1.807) is 35.0 Å². The standard InChI is InChI=1S/C24H21FN4O/c1-16-11-13-18(14-12-16)29-23(15-17(2)28-29)26-21-9-5-3-7-19(21)24(30)27-22-10-6-4-8-20(22)25/h3-15,26H,1-2H3,(H,27,30). The van der Waals surface area contributed by atoms with Crippen molar-refractivity contribution in [3.8, 4) is 5.69 Å². The van der Waals surface area contributed by atoms with Crippen LogP contribution in [0.5, 0.6) is 0 Å². The van der Waals surface area contributed by atoms with Gasteiger partial charge in [0.05, 0.1) is 28.3 Å². The number of carbonyl (C=O) groups is 1. The van der Waals surface area contributed by atoms with Crippen molar-refractivity contribution in [1.82, 2.24) is 9.78 Å². The first-order valence-corrected chi connectivity index (χ1v) is 9.57. The zero-order valence-corrected chi connectivity index (χ0v) is 16.7. The van der Waals surface area contributed by atoms with Crippen LogP contribution < -0.4 is 10.6 Å². The predicted molar refractivity (Wildman–Crippen MR) is 117 cm³/mol. The largest absolute Gasteiger partial charge is 0.339 e. The number of para-hydroxylation sites is 2. The predicted octanol–water partition coefficient (Wildman–Crippen LogP) is 5.62. The fourth-order valence-electron chi connectivity index (χ4n) is 3.15. The maximum atomic E-state index is 13.9. The Morgan fingerprint density at radius 2 is 1.57 bits per heavy atom. The van der Waals surface area contributed by atoms with Crippen LogP contribution in [0.1, 0.15) is 21.6 Å². The number of halogens is 1. The van der Waals surface area contributed by atoms with Crippen LogP contribution in [0.4, 0.5) is 21.6 Å². The number of nitrogens with zero attached hydrogens (tertiary/aromatic N) is 2. The van der Waals surface area contributed by atoms with Crippen LogP contribution in [0.15, 0.2) is 78.9 Å². The zero-order valence-electron chi connectivity index (χ0n) is 16.7. The summed E-state index contributed by atoms with van der Waals surface area (Å²) in [5.74, 6) is -0.159. The van der Waals surface area contributed by atoms with E-state index in [1.807, 2.05) is 50.2 Å². The monoisotopic (exact) mass is 400 g/mol. The molecule has 0 aliphatic carbocycles. The van der Waals surface area contributed by atoms with E-state index >= 15 is 0 Å². The first-order valence-electron chi connectivity index (χ1n) is 9.57. The number of anilines is 3. The van der Waals surface area contributed by atoms with Crippen molar-refractivity contribution in [1.29, 1.82) is 0 Å². The molecule has 0 saturated heterocycles. The summed E-state index contributed by atoms with van der Waals surface area (Å²) in [6.45, 7) is 3.94. The molecule has 30 heavy (non-hydrogen) atoms. The van der Waals surface area contributed by atoms with Gasteiger partial charge in [-0.15, -0.1) is 0 Å². The zero-order chi connectivity index (χ0) is 21.1. The van der Waals surface area contributed by atoms with E-state index in [9.17, 15) is 9.18 Å². The summed E-state index contributed by atoms with van der Waals surface area (Å²) < 4.78 is 15.7. The third-order valence-electron chi connectivity index (χ3n) is 4.67. The number of aromatic nitrogens is 2. The minimum absolute atomic E-state index is 0.137. The van der Waals surface area contributed by atoms with E-state index < -0.39 is 11.7 Å². The average Bonchev–Trinajstić information content (AvgIpc) is 3.10. The Labute approximate surface area is 174 Å². The van der Waals surface area contributed by atoms with Gasteiger partial charge in [0, 0.05) is 6.07 Å². The van der Waals surface area contributed by atoms with Gasteiger partial charge in [-0.25, -0.2) is 9.07 Å². The molecule has 0 atom stereocenters. The summed E-state index contributed by atoms with van der Waals surface area (Å²) in [5, 5.41) is 10.5. The number of rotatable bonds is 5. The molecular weight excluding hydrogens is 379 g/mol. The molecule has 0 bridgehead atoms. The Morgan fingerprint density at radius 1 is 0.900 bits per heavy atom. The fraction of sp³-hybridized carbons (Fsp3) is 0.0833. The molecule has 1 aromatic heterocycles. The number of carbonyl (C=O) groups excluding carboxylic acids is 1.